The van der Waals surface area contributed by atoms with Crippen molar-refractivity contribution in [2.75, 3.05) is 4.90 Å². The average molecular weight is 739 g/mol. The molecular weight excluding hydrogens is 706 g/mol. The maximum atomic E-state index is 2.49. The predicted molar refractivity (Wildman–Crippen MR) is 225 cm³/mol. The third-order valence-corrected chi connectivity index (χ3v) is 13.8. The number of rotatable bonds is 5. The van der Waals surface area contributed by atoms with Crippen LogP contribution in [0.1, 0.15) is 22.3 Å². The van der Waals surface area contributed by atoms with Gasteiger partial charge in [0.1, 0.15) is 0 Å². The van der Waals surface area contributed by atoms with E-state index in [1.807, 2.05) is 0 Å². The molecular formula is C51H33NSe. The van der Waals surface area contributed by atoms with Crippen LogP contribution in [0.25, 0.3) is 52.0 Å². The van der Waals surface area contributed by atoms with E-state index in [4.69, 9.17) is 0 Å². The molecule has 2 heteroatoms. The fourth-order valence-corrected chi connectivity index (χ4v) is 11.8. The van der Waals surface area contributed by atoms with Gasteiger partial charge in [-0.2, -0.15) is 0 Å². The van der Waals surface area contributed by atoms with Crippen LogP contribution in [0.5, 0.6) is 0 Å². The van der Waals surface area contributed by atoms with E-state index in [2.05, 4.69) is 205 Å². The van der Waals surface area contributed by atoms with Crippen LogP contribution in [0.3, 0.4) is 0 Å². The van der Waals surface area contributed by atoms with Crippen molar-refractivity contribution < 1.29 is 0 Å². The second-order valence-corrected chi connectivity index (χ2v) is 16.2. The number of anilines is 3. The van der Waals surface area contributed by atoms with E-state index in [1.165, 1.54) is 79.9 Å². The molecule has 10 aromatic rings. The fraction of sp³-hybridized carbons (Fsp3) is 0.0196. The fourth-order valence-electron chi connectivity index (χ4n) is 9.11. The molecule has 1 heterocycles. The van der Waals surface area contributed by atoms with Gasteiger partial charge in [-0.15, -0.1) is 0 Å². The molecule has 1 aromatic heterocycles. The van der Waals surface area contributed by atoms with Crippen LogP contribution < -0.4 is 4.90 Å². The summed E-state index contributed by atoms with van der Waals surface area (Å²) in [4.78, 5) is 2.49. The summed E-state index contributed by atoms with van der Waals surface area (Å²) in [6, 6.07) is 74.4. The molecule has 0 spiro atoms. The van der Waals surface area contributed by atoms with Crippen LogP contribution in [0.15, 0.2) is 200 Å². The number of fused-ring (bicyclic) bond motifs is 10. The van der Waals surface area contributed by atoms with Crippen LogP contribution >= 0.6 is 0 Å². The predicted octanol–water partition coefficient (Wildman–Crippen LogP) is 13.2. The third kappa shape index (κ3) is 4.44. The molecule has 0 saturated heterocycles. The third-order valence-electron chi connectivity index (χ3n) is 11.3. The Bertz CT molecular complexity index is 2960. The summed E-state index contributed by atoms with van der Waals surface area (Å²) in [6.45, 7) is 0. The molecule has 0 amide bonds. The van der Waals surface area contributed by atoms with Crippen LogP contribution in [0.4, 0.5) is 17.1 Å². The first-order valence-electron chi connectivity index (χ1n) is 18.3. The summed E-state index contributed by atoms with van der Waals surface area (Å²) in [5, 5.41) is 8.05. The van der Waals surface area contributed by atoms with Crippen molar-refractivity contribution in [1.82, 2.24) is 0 Å². The number of para-hydroxylation sites is 1. The van der Waals surface area contributed by atoms with E-state index in [0.29, 0.717) is 0 Å². The van der Waals surface area contributed by atoms with Crippen molar-refractivity contribution in [3.63, 3.8) is 0 Å². The average Bonchev–Trinajstić information content (AvgIpc) is 3.76. The normalized spacial score (nSPS) is 13.1. The van der Waals surface area contributed by atoms with Crippen molar-refractivity contribution in [3.05, 3.63) is 222 Å². The van der Waals surface area contributed by atoms with E-state index in [-0.39, 0.29) is 14.5 Å². The molecule has 53 heavy (non-hydrogen) atoms. The summed E-state index contributed by atoms with van der Waals surface area (Å²) < 4.78 is 2.97. The van der Waals surface area contributed by atoms with Gasteiger partial charge in [-0.25, -0.2) is 0 Å². The summed E-state index contributed by atoms with van der Waals surface area (Å²) >= 11 is 0.247. The van der Waals surface area contributed by atoms with Crippen LogP contribution in [0, 0.1) is 0 Å². The van der Waals surface area contributed by atoms with Crippen molar-refractivity contribution >= 4 is 72.4 Å². The summed E-state index contributed by atoms with van der Waals surface area (Å²) in [7, 11) is 0. The zero-order valence-electron chi connectivity index (χ0n) is 28.9. The molecule has 248 valence electrons. The van der Waals surface area contributed by atoms with E-state index in [1.54, 1.807) is 0 Å². The molecule has 1 aliphatic rings. The second kappa shape index (κ2) is 11.9. The van der Waals surface area contributed by atoms with Crippen molar-refractivity contribution in [1.29, 1.82) is 0 Å². The molecule has 1 nitrogen and oxygen atoms in total. The minimum atomic E-state index is -0.468. The van der Waals surface area contributed by atoms with Gasteiger partial charge in [0.2, 0.25) is 0 Å². The Balaban J connectivity index is 1.22. The van der Waals surface area contributed by atoms with Gasteiger partial charge in [-0.05, 0) is 0 Å². The van der Waals surface area contributed by atoms with Crippen molar-refractivity contribution in [2.24, 2.45) is 0 Å². The quantitative estimate of drug-likeness (QED) is 0.126. The number of nitrogens with zero attached hydrogens (tertiary/aromatic N) is 1. The van der Waals surface area contributed by atoms with Crippen molar-refractivity contribution in [3.8, 4) is 11.1 Å². The molecule has 0 atom stereocenters. The zero-order valence-corrected chi connectivity index (χ0v) is 30.6. The molecule has 0 aliphatic heterocycles. The monoisotopic (exact) mass is 739 g/mol. The van der Waals surface area contributed by atoms with Gasteiger partial charge in [0.25, 0.3) is 0 Å². The Hall–Kier alpha value is -6.18. The van der Waals surface area contributed by atoms with E-state index >= 15 is 0 Å². The van der Waals surface area contributed by atoms with Crippen LogP contribution in [0.2, 0.25) is 0 Å². The molecule has 0 unspecified atom stereocenters. The van der Waals surface area contributed by atoms with Gasteiger partial charge in [0.15, 0.2) is 0 Å². The van der Waals surface area contributed by atoms with Gasteiger partial charge in [-0.1, -0.05) is 36.4 Å². The van der Waals surface area contributed by atoms with Gasteiger partial charge in [0, 0.05) is 0 Å². The van der Waals surface area contributed by atoms with Gasteiger partial charge in [0.05, 0.1) is 0 Å². The number of benzene rings is 9. The first-order chi connectivity index (χ1) is 26.3. The van der Waals surface area contributed by atoms with Gasteiger partial charge >= 0.3 is 280 Å². The minimum absolute atomic E-state index is 0.247. The van der Waals surface area contributed by atoms with E-state index < -0.39 is 5.41 Å². The van der Waals surface area contributed by atoms with Crippen molar-refractivity contribution in [2.45, 2.75) is 5.41 Å². The van der Waals surface area contributed by atoms with Gasteiger partial charge < -0.3 is 0 Å². The Morgan fingerprint density at radius 3 is 1.83 bits per heavy atom. The first-order valence-corrected chi connectivity index (χ1v) is 20.0. The first kappa shape index (κ1) is 30.4. The summed E-state index contributed by atoms with van der Waals surface area (Å²) in [5.74, 6) is 0. The zero-order chi connectivity index (χ0) is 34.9. The molecule has 0 radical (unpaired) electrons. The molecule has 0 N–H and O–H groups in total. The van der Waals surface area contributed by atoms with Gasteiger partial charge in [-0.3, -0.25) is 0 Å². The molecule has 1 aliphatic carbocycles. The van der Waals surface area contributed by atoms with E-state index in [0.717, 1.165) is 11.4 Å². The molecule has 0 bridgehead atoms. The molecule has 9 aromatic carbocycles. The second-order valence-electron chi connectivity index (χ2n) is 14.0. The Labute approximate surface area is 314 Å². The standard InChI is InChI=1S/C51H33NSe/c1-4-15-36(16-5-1)51(37-17-6-2-7-18-37)44-23-12-10-22-42(44)49-45(51)24-14-25-46(49)52(38-19-8-3-9-20-38)39-31-29-34-27-28-35-30-32-41-40-21-11-13-26-47(40)53-50(41)48(35)43(34)33-39/h1-33H. The van der Waals surface area contributed by atoms with Crippen LogP contribution in [-0.4, -0.2) is 14.5 Å². The Morgan fingerprint density at radius 1 is 0.415 bits per heavy atom. The Kier molecular flexibility index (Phi) is 6.86. The summed E-state index contributed by atoms with van der Waals surface area (Å²) in [5.41, 5.74) is 10.7. The molecule has 0 saturated carbocycles. The van der Waals surface area contributed by atoms with Crippen LogP contribution in [-0.2, 0) is 5.41 Å². The maximum absolute atomic E-state index is 2.49. The summed E-state index contributed by atoms with van der Waals surface area (Å²) in [6.07, 6.45) is 0. The number of hydrogen-bond donors (Lipinski definition) is 0. The van der Waals surface area contributed by atoms with E-state index in [9.17, 15) is 0 Å². The molecule has 11 rings (SSSR count). The number of hydrogen-bond acceptors (Lipinski definition) is 1. The SMILES string of the molecule is c1ccc(N(c2ccc3ccc4ccc5c6ccccc6[se]c5c4c3c2)c2cccc3c2-c2ccccc2C3(c2ccccc2)c2ccccc2)cc1. The topological polar surface area (TPSA) is 3.24 Å². The Morgan fingerprint density at radius 2 is 1.04 bits per heavy atom. The molecule has 0 fully saturated rings.